The maximum Gasteiger partial charge on any atom is 0.343 e. The van der Waals surface area contributed by atoms with Gasteiger partial charge in [-0.05, 0) is 67.3 Å². The molecule has 3 aliphatic heterocycles. The standard InChI is InChI=1S/C52H57FN8O12/c1-4-52(71)34-20-38-47-32(25-61(38)49(69)33(34)26-73-50(52)70)46-45-31(29(2)35(53)21-36(45)59-47)16-17-51(46,3)27-72-28-57-41(64)23-56-48(68)37(19-30-11-7-5-8-12-30)58-42(65)24-55-40(63)22-54-39(62)13-9-6-10-18-60-43(66)14-15-44(60)67/h5,7-8,11-12,14-15,20-21,37,71H,4,6,9-10,13,16-19,22-28H2,1-3H3,(H,54,62)(H,55,63)(H,56,68)(H,57,64)(H,58,65)/t37-,51+,52-/m0/s1. The van der Waals surface area contributed by atoms with E-state index in [0.29, 0.717) is 60.1 Å². The fourth-order valence-corrected chi connectivity index (χ4v) is 9.99. The monoisotopic (exact) mass is 1000 g/mol. The Labute approximate surface area is 418 Å². The lowest BCUT2D eigenvalue weighted by Gasteiger charge is -2.37. The van der Waals surface area contributed by atoms with Gasteiger partial charge in [-0.3, -0.25) is 43.3 Å². The zero-order valence-corrected chi connectivity index (χ0v) is 40.7. The van der Waals surface area contributed by atoms with E-state index in [-0.39, 0.29) is 75.2 Å². The Hall–Kier alpha value is -7.65. The Morgan fingerprint density at radius 2 is 1.58 bits per heavy atom. The molecule has 6 N–H and O–H groups in total. The van der Waals surface area contributed by atoms with Crippen molar-refractivity contribution < 1.29 is 57.3 Å². The molecule has 0 saturated heterocycles. The molecule has 4 aliphatic rings. The van der Waals surface area contributed by atoms with Crippen LogP contribution in [0.5, 0.6) is 0 Å². The number of esters is 1. The normalized spacial score (nSPS) is 18.6. The Bertz CT molecular complexity index is 3010. The van der Waals surface area contributed by atoms with Crippen LogP contribution in [-0.4, -0.2) is 112 Å². The molecule has 384 valence electrons. The summed E-state index contributed by atoms with van der Waals surface area (Å²) in [5.74, 6) is -4.99. The molecule has 0 bridgehead atoms. The summed E-state index contributed by atoms with van der Waals surface area (Å²) >= 11 is 0. The number of cyclic esters (lactones) is 1. The van der Waals surface area contributed by atoms with Crippen LogP contribution >= 0.6 is 0 Å². The van der Waals surface area contributed by atoms with Crippen LogP contribution < -0.4 is 32.1 Å². The van der Waals surface area contributed by atoms with Crippen LogP contribution in [0.3, 0.4) is 0 Å². The van der Waals surface area contributed by atoms with E-state index in [2.05, 4.69) is 26.6 Å². The van der Waals surface area contributed by atoms with Crippen LogP contribution in [0, 0.1) is 12.7 Å². The van der Waals surface area contributed by atoms with E-state index in [0.717, 1.165) is 27.0 Å². The molecule has 2 aromatic carbocycles. The Morgan fingerprint density at radius 1 is 0.877 bits per heavy atom. The first-order chi connectivity index (χ1) is 34.9. The zero-order chi connectivity index (χ0) is 52.2. The molecule has 4 aromatic rings. The average Bonchev–Trinajstić information content (AvgIpc) is 3.91. The van der Waals surface area contributed by atoms with E-state index in [4.69, 9.17) is 14.5 Å². The molecule has 3 atom stereocenters. The van der Waals surface area contributed by atoms with Crippen LogP contribution in [0.15, 0.2) is 59.4 Å². The molecule has 0 fully saturated rings. The van der Waals surface area contributed by atoms with Gasteiger partial charge in [0.25, 0.3) is 17.4 Å². The van der Waals surface area contributed by atoms with Crippen molar-refractivity contribution in [2.45, 2.75) is 102 Å². The molecule has 2 aromatic heterocycles. The molecule has 0 unspecified atom stereocenters. The first-order valence-electron chi connectivity index (χ1n) is 24.3. The molecular formula is C52H57FN8O12. The van der Waals surface area contributed by atoms with Crippen LogP contribution in [0.25, 0.3) is 22.3 Å². The van der Waals surface area contributed by atoms with Gasteiger partial charge in [0.05, 0.1) is 55.3 Å². The largest absolute Gasteiger partial charge is 0.458 e. The number of aromatic nitrogens is 2. The number of aliphatic hydroxyl groups is 1. The first kappa shape index (κ1) is 51.7. The number of amides is 7. The van der Waals surface area contributed by atoms with Gasteiger partial charge in [0, 0.05) is 59.5 Å². The predicted molar refractivity (Wildman–Crippen MR) is 259 cm³/mol. The van der Waals surface area contributed by atoms with Crippen molar-refractivity contribution in [3.05, 3.63) is 110 Å². The number of unbranched alkanes of at least 4 members (excludes halogenated alkanes) is 2. The molecule has 5 heterocycles. The number of hydrogen-bond acceptors (Lipinski definition) is 13. The molecule has 8 rings (SSSR count). The van der Waals surface area contributed by atoms with Crippen molar-refractivity contribution in [2.75, 3.05) is 39.5 Å². The molecule has 0 spiro atoms. The number of hydrogen-bond donors (Lipinski definition) is 6. The topological polar surface area (TPSA) is 274 Å². The Balaban J connectivity index is 0.843. The van der Waals surface area contributed by atoms with Gasteiger partial charge in [0.15, 0.2) is 5.60 Å². The SMILES string of the molecule is CC[C@@]1(O)C(=O)OCc2c1cc1n(c2=O)Cc2c-1nc1cc(F)c(C)c3c1c2[C@@](C)(COCNC(=O)CNC(=O)[C@H](Cc1ccccc1)NC(=O)CNC(=O)CNC(=O)CCCCCN1C(=O)C=CC1=O)CC3. The van der Waals surface area contributed by atoms with E-state index < -0.39 is 83.6 Å². The maximum atomic E-state index is 15.5. The molecule has 0 saturated carbocycles. The fourth-order valence-electron chi connectivity index (χ4n) is 9.99. The summed E-state index contributed by atoms with van der Waals surface area (Å²) in [7, 11) is 0. The lowest BCUT2D eigenvalue weighted by molar-refractivity contribution is -0.172. The number of nitrogens with one attached hydrogen (secondary N) is 5. The van der Waals surface area contributed by atoms with Crippen LogP contribution in [0.4, 0.5) is 4.39 Å². The molecular weight excluding hydrogens is 948 g/mol. The second kappa shape index (κ2) is 21.6. The Kier molecular flexibility index (Phi) is 15.3. The van der Waals surface area contributed by atoms with E-state index >= 15 is 4.39 Å². The summed E-state index contributed by atoms with van der Waals surface area (Å²) in [6, 6.07) is 10.7. The van der Waals surface area contributed by atoms with Gasteiger partial charge in [-0.2, -0.15) is 0 Å². The lowest BCUT2D eigenvalue weighted by Crippen LogP contribution is -2.52. The number of benzene rings is 2. The molecule has 0 radical (unpaired) electrons. The van der Waals surface area contributed by atoms with E-state index in [1.807, 2.05) is 6.92 Å². The van der Waals surface area contributed by atoms with Gasteiger partial charge in [-0.25, -0.2) is 14.2 Å². The second-order valence-electron chi connectivity index (χ2n) is 19.0. The third kappa shape index (κ3) is 10.8. The van der Waals surface area contributed by atoms with Gasteiger partial charge in [0.2, 0.25) is 29.5 Å². The number of pyridine rings is 2. The molecule has 1 aliphatic carbocycles. The fraction of sp³-hybridized carbons (Fsp3) is 0.423. The van der Waals surface area contributed by atoms with E-state index in [1.54, 1.807) is 50.2 Å². The van der Waals surface area contributed by atoms with Crippen molar-refractivity contribution in [2.24, 2.45) is 0 Å². The van der Waals surface area contributed by atoms with Gasteiger partial charge in [-0.1, -0.05) is 50.6 Å². The van der Waals surface area contributed by atoms with E-state index in [1.165, 1.54) is 22.8 Å². The average molecular weight is 1010 g/mol. The third-order valence-electron chi connectivity index (χ3n) is 14.1. The number of aryl methyl sites for hydroxylation is 1. The highest BCUT2D eigenvalue weighted by Gasteiger charge is 2.47. The highest BCUT2D eigenvalue weighted by atomic mass is 19.1. The van der Waals surface area contributed by atoms with Crippen LogP contribution in [0.2, 0.25) is 0 Å². The van der Waals surface area contributed by atoms with Crippen LogP contribution in [0.1, 0.15) is 91.3 Å². The highest BCUT2D eigenvalue weighted by Crippen LogP contribution is 2.49. The first-order valence-corrected chi connectivity index (χ1v) is 24.3. The highest BCUT2D eigenvalue weighted by molar-refractivity contribution is 6.12. The summed E-state index contributed by atoms with van der Waals surface area (Å²) in [5, 5.41) is 24.9. The smallest absolute Gasteiger partial charge is 0.343 e. The quantitative estimate of drug-likeness (QED) is 0.0263. The number of carbonyl (C=O) groups is 8. The third-order valence-corrected chi connectivity index (χ3v) is 14.1. The predicted octanol–water partition coefficient (Wildman–Crippen LogP) is 1.38. The van der Waals surface area contributed by atoms with Gasteiger partial charge in [0.1, 0.15) is 25.2 Å². The zero-order valence-electron chi connectivity index (χ0n) is 40.7. The minimum Gasteiger partial charge on any atom is -0.458 e. The van der Waals surface area contributed by atoms with Crippen LogP contribution in [-0.2, 0) is 84.8 Å². The molecule has 20 nitrogen and oxygen atoms in total. The second-order valence-corrected chi connectivity index (χ2v) is 19.0. The van der Waals surface area contributed by atoms with Gasteiger partial charge < -0.3 is 45.7 Å². The summed E-state index contributed by atoms with van der Waals surface area (Å²) in [6.07, 6.45) is 5.16. The number of ether oxygens (including phenoxy) is 2. The molecule has 73 heavy (non-hydrogen) atoms. The number of carbonyl (C=O) groups excluding carboxylic acids is 8. The minimum absolute atomic E-state index is 0.0284. The minimum atomic E-state index is -2.03. The summed E-state index contributed by atoms with van der Waals surface area (Å²) < 4.78 is 28.4. The number of nitrogens with zero attached hydrogens (tertiary/aromatic N) is 3. The van der Waals surface area contributed by atoms with Crippen molar-refractivity contribution in [3.63, 3.8) is 0 Å². The number of rotatable bonds is 21. The summed E-state index contributed by atoms with van der Waals surface area (Å²) in [6.45, 7) is 3.88. The Morgan fingerprint density at radius 3 is 2.32 bits per heavy atom. The van der Waals surface area contributed by atoms with Gasteiger partial charge in [-0.15, -0.1) is 0 Å². The molecule has 21 heteroatoms. The van der Waals surface area contributed by atoms with Gasteiger partial charge >= 0.3 is 5.97 Å². The lowest BCUT2D eigenvalue weighted by atomic mass is 9.69. The van der Waals surface area contributed by atoms with Crippen molar-refractivity contribution >= 4 is 58.2 Å². The summed E-state index contributed by atoms with van der Waals surface area (Å²) in [4.78, 5) is 120. The molecule has 7 amide bonds. The van der Waals surface area contributed by atoms with Crippen molar-refractivity contribution in [1.29, 1.82) is 0 Å². The number of imide groups is 1. The number of fused-ring (bicyclic) bond motifs is 5. The van der Waals surface area contributed by atoms with Crippen molar-refractivity contribution in [1.82, 2.24) is 41.0 Å². The van der Waals surface area contributed by atoms with E-state index in [9.17, 15) is 48.3 Å². The summed E-state index contributed by atoms with van der Waals surface area (Å²) in [5.41, 5.74) is 1.87. The number of halogens is 1. The maximum absolute atomic E-state index is 15.5. The van der Waals surface area contributed by atoms with Crippen molar-refractivity contribution in [3.8, 4) is 11.4 Å².